The van der Waals surface area contributed by atoms with E-state index in [1.54, 1.807) is 0 Å². The molecule has 0 radical (unpaired) electrons. The molecule has 29 heavy (non-hydrogen) atoms. The molecule has 0 saturated carbocycles. The standard InChI is InChI=1S/C21H23N3O3S2/c1-14-7-6-10-17(15(14)2)22-20(25)11-28-21-23-18-12-29(26,27)13-19(18)24(21)16-8-4-3-5-9-16/h3-10,18-19H,11-13H2,1-2H3,(H,22,25)/t18-,19+/m1/s1. The lowest BCUT2D eigenvalue weighted by Gasteiger charge is -2.26. The zero-order valence-corrected chi connectivity index (χ0v) is 18.0. The third-order valence-electron chi connectivity index (χ3n) is 5.35. The van der Waals surface area contributed by atoms with Crippen molar-refractivity contribution in [1.29, 1.82) is 0 Å². The fourth-order valence-corrected chi connectivity index (χ4v) is 6.49. The molecule has 1 N–H and O–H groups in total. The number of nitrogens with one attached hydrogen (secondary N) is 1. The van der Waals surface area contributed by atoms with Crippen LogP contribution in [0.2, 0.25) is 0 Å². The lowest BCUT2D eigenvalue weighted by Crippen LogP contribution is -2.39. The van der Waals surface area contributed by atoms with E-state index in [4.69, 9.17) is 0 Å². The van der Waals surface area contributed by atoms with Gasteiger partial charge in [0.05, 0.1) is 29.3 Å². The van der Waals surface area contributed by atoms with Gasteiger partial charge in [-0.2, -0.15) is 0 Å². The van der Waals surface area contributed by atoms with Crippen LogP contribution >= 0.6 is 11.8 Å². The molecule has 2 aromatic carbocycles. The van der Waals surface area contributed by atoms with Gasteiger partial charge in [-0.25, -0.2) is 8.42 Å². The summed E-state index contributed by atoms with van der Waals surface area (Å²) >= 11 is 1.35. The number of aliphatic imine (C=N–C) groups is 1. The highest BCUT2D eigenvalue weighted by molar-refractivity contribution is 8.14. The molecule has 1 amide bonds. The lowest BCUT2D eigenvalue weighted by atomic mass is 10.1. The minimum absolute atomic E-state index is 0.0692. The van der Waals surface area contributed by atoms with Gasteiger partial charge in [-0.3, -0.25) is 9.79 Å². The topological polar surface area (TPSA) is 78.8 Å². The fraction of sp³-hybridized carbons (Fsp3) is 0.333. The number of aryl methyl sites for hydroxylation is 1. The third kappa shape index (κ3) is 4.18. The number of anilines is 2. The van der Waals surface area contributed by atoms with E-state index in [2.05, 4.69) is 10.3 Å². The van der Waals surface area contributed by atoms with Crippen molar-refractivity contribution in [3.63, 3.8) is 0 Å². The summed E-state index contributed by atoms with van der Waals surface area (Å²) in [5, 5.41) is 3.67. The maximum atomic E-state index is 12.5. The molecule has 152 valence electrons. The summed E-state index contributed by atoms with van der Waals surface area (Å²) in [6.45, 7) is 4.00. The van der Waals surface area contributed by atoms with Crippen molar-refractivity contribution >= 4 is 44.0 Å². The largest absolute Gasteiger partial charge is 0.325 e. The van der Waals surface area contributed by atoms with Crippen LogP contribution in [0.25, 0.3) is 0 Å². The van der Waals surface area contributed by atoms with Crippen LogP contribution in [0.1, 0.15) is 11.1 Å². The second-order valence-electron chi connectivity index (χ2n) is 7.41. The summed E-state index contributed by atoms with van der Waals surface area (Å²) in [6, 6.07) is 15.0. The molecule has 2 aliphatic heterocycles. The first-order valence-corrected chi connectivity index (χ1v) is 12.3. The number of hydrogen-bond donors (Lipinski definition) is 1. The van der Waals surface area contributed by atoms with E-state index < -0.39 is 9.84 Å². The molecule has 0 spiro atoms. The Morgan fingerprint density at radius 2 is 1.90 bits per heavy atom. The fourth-order valence-electron chi connectivity index (χ4n) is 3.73. The first-order valence-electron chi connectivity index (χ1n) is 9.45. The first-order chi connectivity index (χ1) is 13.8. The molecule has 0 unspecified atom stereocenters. The van der Waals surface area contributed by atoms with E-state index >= 15 is 0 Å². The van der Waals surface area contributed by atoms with Gasteiger partial charge in [0, 0.05) is 11.4 Å². The zero-order valence-electron chi connectivity index (χ0n) is 16.3. The number of thioether (sulfide) groups is 1. The number of amides is 1. The van der Waals surface area contributed by atoms with Crippen molar-refractivity contribution in [2.75, 3.05) is 27.5 Å². The van der Waals surface area contributed by atoms with Crippen molar-refractivity contribution in [1.82, 2.24) is 0 Å². The average molecular weight is 430 g/mol. The van der Waals surface area contributed by atoms with Crippen LogP contribution in [0.4, 0.5) is 11.4 Å². The molecule has 2 aliphatic rings. The summed E-state index contributed by atoms with van der Waals surface area (Å²) < 4.78 is 24.2. The van der Waals surface area contributed by atoms with Gasteiger partial charge in [0.1, 0.15) is 0 Å². The number of benzene rings is 2. The highest BCUT2D eigenvalue weighted by atomic mass is 32.2. The van der Waals surface area contributed by atoms with Crippen molar-refractivity contribution in [3.05, 3.63) is 59.7 Å². The second kappa shape index (κ2) is 7.84. The van der Waals surface area contributed by atoms with E-state index in [1.807, 2.05) is 67.3 Å². The predicted molar refractivity (Wildman–Crippen MR) is 120 cm³/mol. The predicted octanol–water partition coefficient (Wildman–Crippen LogP) is 3.02. The van der Waals surface area contributed by atoms with E-state index in [9.17, 15) is 13.2 Å². The minimum atomic E-state index is -3.09. The molecule has 1 saturated heterocycles. The Morgan fingerprint density at radius 3 is 2.66 bits per heavy atom. The van der Waals surface area contributed by atoms with Crippen LogP contribution in [0.3, 0.4) is 0 Å². The molecule has 8 heteroatoms. The molecule has 2 aromatic rings. The molecule has 0 aromatic heterocycles. The Kier molecular flexibility index (Phi) is 5.40. The quantitative estimate of drug-likeness (QED) is 0.808. The molecule has 1 fully saturated rings. The summed E-state index contributed by atoms with van der Waals surface area (Å²) in [4.78, 5) is 19.2. The number of carbonyl (C=O) groups excluding carboxylic acids is 1. The monoisotopic (exact) mass is 429 g/mol. The Hall–Kier alpha value is -2.32. The Bertz CT molecular complexity index is 1070. The van der Waals surface area contributed by atoms with Crippen molar-refractivity contribution in [2.24, 2.45) is 4.99 Å². The number of fused-ring (bicyclic) bond motifs is 1. The lowest BCUT2D eigenvalue weighted by molar-refractivity contribution is -0.113. The van der Waals surface area contributed by atoms with E-state index in [0.29, 0.717) is 5.17 Å². The van der Waals surface area contributed by atoms with E-state index in [1.165, 1.54) is 11.8 Å². The Morgan fingerprint density at radius 1 is 1.14 bits per heavy atom. The number of hydrogen-bond acceptors (Lipinski definition) is 6. The normalized spacial score (nSPS) is 22.3. The molecular weight excluding hydrogens is 406 g/mol. The highest BCUT2D eigenvalue weighted by Gasteiger charge is 2.47. The SMILES string of the molecule is Cc1cccc(NC(=O)CSC2=N[C@@H]3CS(=O)(=O)C[C@@H]3N2c2ccccc2)c1C. The van der Waals surface area contributed by atoms with E-state index in [0.717, 1.165) is 22.5 Å². The number of nitrogens with zero attached hydrogens (tertiary/aromatic N) is 2. The van der Waals surface area contributed by atoms with Crippen LogP contribution < -0.4 is 10.2 Å². The second-order valence-corrected chi connectivity index (χ2v) is 10.5. The number of rotatable bonds is 4. The number of sulfone groups is 1. The van der Waals surface area contributed by atoms with Crippen molar-refractivity contribution < 1.29 is 13.2 Å². The molecule has 0 aliphatic carbocycles. The summed E-state index contributed by atoms with van der Waals surface area (Å²) in [7, 11) is -3.09. The molecule has 2 atom stereocenters. The minimum Gasteiger partial charge on any atom is -0.325 e. The van der Waals surface area contributed by atoms with Gasteiger partial charge in [0.25, 0.3) is 0 Å². The molecule has 4 rings (SSSR count). The van der Waals surface area contributed by atoms with Gasteiger partial charge in [-0.15, -0.1) is 0 Å². The van der Waals surface area contributed by atoms with E-state index in [-0.39, 0.29) is 35.2 Å². The van der Waals surface area contributed by atoms with Gasteiger partial charge in [-0.1, -0.05) is 42.1 Å². The average Bonchev–Trinajstić information content (AvgIpc) is 3.15. The Balaban J connectivity index is 1.49. The maximum Gasteiger partial charge on any atom is 0.234 e. The molecule has 2 heterocycles. The van der Waals surface area contributed by atoms with Crippen LogP contribution in [0, 0.1) is 13.8 Å². The number of para-hydroxylation sites is 1. The zero-order chi connectivity index (χ0) is 20.6. The summed E-state index contributed by atoms with van der Waals surface area (Å²) in [6.07, 6.45) is 0. The van der Waals surface area contributed by atoms with Crippen LogP contribution in [-0.4, -0.2) is 48.8 Å². The van der Waals surface area contributed by atoms with Gasteiger partial charge in [0.2, 0.25) is 5.91 Å². The number of amidine groups is 1. The van der Waals surface area contributed by atoms with Gasteiger partial charge in [-0.05, 0) is 43.2 Å². The van der Waals surface area contributed by atoms with Crippen LogP contribution in [0.15, 0.2) is 53.5 Å². The summed E-state index contributed by atoms with van der Waals surface area (Å²) in [5.74, 6) is 0.264. The summed E-state index contributed by atoms with van der Waals surface area (Å²) in [5.41, 5.74) is 3.89. The smallest absolute Gasteiger partial charge is 0.234 e. The van der Waals surface area contributed by atoms with Crippen molar-refractivity contribution in [2.45, 2.75) is 25.9 Å². The molecule has 0 bridgehead atoms. The van der Waals surface area contributed by atoms with Gasteiger partial charge in [0.15, 0.2) is 15.0 Å². The van der Waals surface area contributed by atoms with Crippen molar-refractivity contribution in [3.8, 4) is 0 Å². The van der Waals surface area contributed by atoms with Gasteiger partial charge >= 0.3 is 0 Å². The first kappa shape index (κ1) is 20.0. The third-order valence-corrected chi connectivity index (χ3v) is 8.02. The van der Waals surface area contributed by atoms with Crippen LogP contribution in [0.5, 0.6) is 0 Å². The molecule has 6 nitrogen and oxygen atoms in total. The highest BCUT2D eigenvalue weighted by Crippen LogP contribution is 2.35. The van der Waals surface area contributed by atoms with Crippen LogP contribution in [-0.2, 0) is 14.6 Å². The maximum absolute atomic E-state index is 12.5. The molecular formula is C21H23N3O3S2. The Labute approximate surface area is 175 Å². The van der Waals surface area contributed by atoms with Gasteiger partial charge < -0.3 is 10.2 Å². The number of carbonyl (C=O) groups is 1.